The Bertz CT molecular complexity index is 719. The van der Waals surface area contributed by atoms with E-state index in [1.165, 1.54) is 11.3 Å². The zero-order valence-electron chi connectivity index (χ0n) is 13.3. The Hall–Kier alpha value is -1.83. The second-order valence-corrected chi connectivity index (χ2v) is 6.34. The first kappa shape index (κ1) is 16.0. The number of thiazole rings is 1. The molecule has 23 heavy (non-hydrogen) atoms. The number of nitrogens with zero attached hydrogens (tertiary/aromatic N) is 1. The van der Waals surface area contributed by atoms with Crippen molar-refractivity contribution in [3.63, 3.8) is 0 Å². The molecule has 1 aliphatic rings. The van der Waals surface area contributed by atoms with Crippen LogP contribution in [0, 0.1) is 0 Å². The summed E-state index contributed by atoms with van der Waals surface area (Å²) in [6.45, 7) is 3.94. The first-order chi connectivity index (χ1) is 11.2. The lowest BCUT2D eigenvalue weighted by Gasteiger charge is -2.26. The second-order valence-electron chi connectivity index (χ2n) is 5.27. The van der Waals surface area contributed by atoms with Crippen LogP contribution in [0.4, 0.5) is 0 Å². The monoisotopic (exact) mass is 336 g/mol. The lowest BCUT2D eigenvalue weighted by atomic mass is 10.1. The topological polar surface area (TPSA) is 63.8 Å². The summed E-state index contributed by atoms with van der Waals surface area (Å²) in [7, 11) is 3.24. The minimum atomic E-state index is -0.0619. The third-order valence-corrected chi connectivity index (χ3v) is 4.74. The van der Waals surface area contributed by atoms with Crippen LogP contribution in [0.1, 0.15) is 4.88 Å². The molecule has 0 radical (unpaired) electrons. The molecule has 1 aliphatic heterocycles. The summed E-state index contributed by atoms with van der Waals surface area (Å²) in [6.07, 6.45) is 0. The molecule has 0 amide bonds. The molecule has 0 bridgehead atoms. The van der Waals surface area contributed by atoms with Gasteiger partial charge in [0, 0.05) is 30.1 Å². The molecular weight excluding hydrogens is 316 g/mol. The van der Waals surface area contributed by atoms with Crippen molar-refractivity contribution in [2.24, 2.45) is 0 Å². The molecule has 1 saturated heterocycles. The minimum Gasteiger partial charge on any atom is -0.497 e. The second kappa shape index (κ2) is 7.16. The summed E-state index contributed by atoms with van der Waals surface area (Å²) in [6, 6.07) is 5.58. The van der Waals surface area contributed by atoms with Gasteiger partial charge < -0.3 is 19.2 Å². The molecule has 1 aromatic heterocycles. The Morgan fingerprint density at radius 1 is 1.26 bits per heavy atom. The number of hydrogen-bond acceptors (Lipinski definition) is 6. The molecule has 6 nitrogen and oxygen atoms in total. The highest BCUT2D eigenvalue weighted by Crippen LogP contribution is 2.35. The summed E-state index contributed by atoms with van der Waals surface area (Å²) in [5.41, 5.74) is 1.65. The number of nitrogens with one attached hydrogen (secondary N) is 1. The van der Waals surface area contributed by atoms with E-state index in [1.807, 2.05) is 18.2 Å². The van der Waals surface area contributed by atoms with Gasteiger partial charge in [0.05, 0.1) is 33.1 Å². The molecule has 3 rings (SSSR count). The van der Waals surface area contributed by atoms with Crippen LogP contribution in [0.15, 0.2) is 23.0 Å². The number of rotatable bonds is 5. The molecule has 0 aliphatic carbocycles. The van der Waals surface area contributed by atoms with Gasteiger partial charge in [-0.15, -0.1) is 0 Å². The average molecular weight is 336 g/mol. The average Bonchev–Trinajstić information content (AvgIpc) is 2.95. The first-order valence-electron chi connectivity index (χ1n) is 7.45. The summed E-state index contributed by atoms with van der Waals surface area (Å²) >= 11 is 1.25. The van der Waals surface area contributed by atoms with Crippen molar-refractivity contribution in [2.75, 3.05) is 40.5 Å². The van der Waals surface area contributed by atoms with E-state index < -0.39 is 0 Å². The Morgan fingerprint density at radius 3 is 2.74 bits per heavy atom. The fourth-order valence-electron chi connectivity index (χ4n) is 2.66. The number of H-pyrrole nitrogens is 1. The van der Waals surface area contributed by atoms with E-state index in [2.05, 4.69) is 9.88 Å². The lowest BCUT2D eigenvalue weighted by Crippen LogP contribution is -2.35. The number of benzene rings is 1. The molecule has 124 valence electrons. The van der Waals surface area contributed by atoms with Crippen LogP contribution in [0.25, 0.3) is 11.3 Å². The largest absolute Gasteiger partial charge is 0.497 e. The Morgan fingerprint density at radius 2 is 2.04 bits per heavy atom. The van der Waals surface area contributed by atoms with Crippen LogP contribution in [0.2, 0.25) is 0 Å². The molecule has 1 N–H and O–H groups in total. The van der Waals surface area contributed by atoms with E-state index >= 15 is 0 Å². The van der Waals surface area contributed by atoms with Crippen LogP contribution in [0.3, 0.4) is 0 Å². The third kappa shape index (κ3) is 3.57. The fraction of sp³-hybridized carbons (Fsp3) is 0.438. The summed E-state index contributed by atoms with van der Waals surface area (Å²) < 4.78 is 16.1. The molecule has 0 atom stereocenters. The van der Waals surface area contributed by atoms with Crippen molar-refractivity contribution in [2.45, 2.75) is 6.54 Å². The standard InChI is InChI=1S/C16H20N2O4S/c1-20-11-3-4-13(21-2)12(9-11)15-14(23-16(19)17-15)10-18-5-7-22-8-6-18/h3-4,9H,5-8,10H2,1-2H3,(H,17,19). The van der Waals surface area contributed by atoms with Gasteiger partial charge in [0.15, 0.2) is 0 Å². The maximum Gasteiger partial charge on any atom is 0.305 e. The van der Waals surface area contributed by atoms with Gasteiger partial charge in [-0.25, -0.2) is 0 Å². The fourth-order valence-corrected chi connectivity index (χ4v) is 3.55. The predicted octanol–water partition coefficient (Wildman–Crippen LogP) is 1.95. The Balaban J connectivity index is 1.97. The molecule has 0 spiro atoms. The number of morpholine rings is 1. The normalized spacial score (nSPS) is 15.6. The molecule has 1 fully saturated rings. The smallest absolute Gasteiger partial charge is 0.305 e. The van der Waals surface area contributed by atoms with E-state index in [-0.39, 0.29) is 4.87 Å². The van der Waals surface area contributed by atoms with Gasteiger partial charge in [-0.05, 0) is 18.2 Å². The number of aromatic nitrogens is 1. The van der Waals surface area contributed by atoms with Gasteiger partial charge in [0.25, 0.3) is 0 Å². The molecule has 1 aromatic carbocycles. The maximum absolute atomic E-state index is 11.9. The van der Waals surface area contributed by atoms with Gasteiger partial charge in [-0.2, -0.15) is 0 Å². The van der Waals surface area contributed by atoms with Crippen molar-refractivity contribution in [1.82, 2.24) is 9.88 Å². The van der Waals surface area contributed by atoms with E-state index in [0.29, 0.717) is 5.75 Å². The van der Waals surface area contributed by atoms with Gasteiger partial charge in [-0.3, -0.25) is 9.69 Å². The van der Waals surface area contributed by atoms with Crippen LogP contribution in [-0.4, -0.2) is 50.4 Å². The zero-order valence-corrected chi connectivity index (χ0v) is 14.1. The van der Waals surface area contributed by atoms with Crippen molar-refractivity contribution in [3.8, 4) is 22.8 Å². The van der Waals surface area contributed by atoms with Gasteiger partial charge in [0.2, 0.25) is 0 Å². The molecule has 2 aromatic rings. The van der Waals surface area contributed by atoms with Gasteiger partial charge in [0.1, 0.15) is 11.5 Å². The van der Waals surface area contributed by atoms with E-state index in [4.69, 9.17) is 14.2 Å². The van der Waals surface area contributed by atoms with Crippen LogP contribution in [0.5, 0.6) is 11.5 Å². The van der Waals surface area contributed by atoms with Crippen molar-refractivity contribution < 1.29 is 14.2 Å². The zero-order chi connectivity index (χ0) is 16.2. The maximum atomic E-state index is 11.9. The number of aromatic amines is 1. The predicted molar refractivity (Wildman–Crippen MR) is 89.6 cm³/mol. The number of methoxy groups -OCH3 is 2. The van der Waals surface area contributed by atoms with E-state index in [1.54, 1.807) is 14.2 Å². The van der Waals surface area contributed by atoms with Crippen molar-refractivity contribution in [3.05, 3.63) is 32.7 Å². The van der Waals surface area contributed by atoms with Gasteiger partial charge >= 0.3 is 4.87 Å². The van der Waals surface area contributed by atoms with E-state index in [0.717, 1.165) is 54.7 Å². The lowest BCUT2D eigenvalue weighted by molar-refractivity contribution is 0.0347. The highest BCUT2D eigenvalue weighted by atomic mass is 32.1. The van der Waals surface area contributed by atoms with Crippen LogP contribution >= 0.6 is 11.3 Å². The summed E-state index contributed by atoms with van der Waals surface area (Å²) in [5, 5.41) is 0. The quantitative estimate of drug-likeness (QED) is 0.904. The molecule has 7 heteroatoms. The highest BCUT2D eigenvalue weighted by Gasteiger charge is 2.19. The highest BCUT2D eigenvalue weighted by molar-refractivity contribution is 7.09. The molecule has 0 unspecified atom stereocenters. The number of ether oxygens (including phenoxy) is 3. The van der Waals surface area contributed by atoms with Crippen molar-refractivity contribution in [1.29, 1.82) is 0 Å². The Labute approximate surface area is 138 Å². The SMILES string of the molecule is COc1ccc(OC)c(-c2[nH]c(=O)sc2CN2CCOCC2)c1. The van der Waals surface area contributed by atoms with Crippen LogP contribution < -0.4 is 14.3 Å². The molecule has 2 heterocycles. The first-order valence-corrected chi connectivity index (χ1v) is 8.27. The van der Waals surface area contributed by atoms with Crippen molar-refractivity contribution >= 4 is 11.3 Å². The molecule has 0 saturated carbocycles. The van der Waals surface area contributed by atoms with E-state index in [9.17, 15) is 4.79 Å². The van der Waals surface area contributed by atoms with Gasteiger partial charge in [-0.1, -0.05) is 11.3 Å². The number of hydrogen-bond donors (Lipinski definition) is 1. The minimum absolute atomic E-state index is 0.0619. The Kier molecular flexibility index (Phi) is 5.00. The summed E-state index contributed by atoms with van der Waals surface area (Å²) in [4.78, 5) is 18.1. The summed E-state index contributed by atoms with van der Waals surface area (Å²) in [5.74, 6) is 1.44. The van der Waals surface area contributed by atoms with Crippen LogP contribution in [-0.2, 0) is 11.3 Å². The third-order valence-electron chi connectivity index (χ3n) is 3.87. The molecular formula is C16H20N2O4S.